The van der Waals surface area contributed by atoms with Crippen LogP contribution in [0.15, 0.2) is 231 Å². The Morgan fingerprint density at radius 3 is 1.05 bits per heavy atom. The van der Waals surface area contributed by atoms with E-state index in [-0.39, 0.29) is 39.6 Å². The van der Waals surface area contributed by atoms with Crippen molar-refractivity contribution in [3.63, 3.8) is 0 Å². The molecular formula is C68H68O11. The Bertz CT molecular complexity index is 3000. The fourth-order valence-corrected chi connectivity index (χ4v) is 10.8. The van der Waals surface area contributed by atoms with E-state index >= 15 is 0 Å². The van der Waals surface area contributed by atoms with E-state index in [4.69, 9.17) is 52.1 Å². The molecule has 11 heteroatoms. The van der Waals surface area contributed by atoms with Gasteiger partial charge in [0, 0.05) is 7.11 Å². The van der Waals surface area contributed by atoms with Gasteiger partial charge in [-0.3, -0.25) is 0 Å². The number of benzene rings is 8. The molecular weight excluding hydrogens is 993 g/mol. The SMILES string of the molecule is CO[C@H]1O[C@H](CO[C@@H]2O[C@H](COCc3ccccc3)[C@@H](OCc3ccccc3)[C@H](OCc3ccccc3)[C@H]2OC2c3ccccc3-c3ccccc32)[C@@H](OCc2ccccc2)[C@H](OCc2ccccc2)[C@H]1OCc1ccccc1. The summed E-state index contributed by atoms with van der Waals surface area (Å²) in [5, 5.41) is 0. The first-order valence-electron chi connectivity index (χ1n) is 27.3. The van der Waals surface area contributed by atoms with Crippen molar-refractivity contribution in [1.82, 2.24) is 0 Å². The number of hydrogen-bond acceptors (Lipinski definition) is 11. The molecule has 8 aromatic rings. The largest absolute Gasteiger partial charge is 0.374 e. The lowest BCUT2D eigenvalue weighted by Crippen LogP contribution is -2.64. The van der Waals surface area contributed by atoms with E-state index in [0.29, 0.717) is 13.2 Å². The van der Waals surface area contributed by atoms with E-state index in [2.05, 4.69) is 72.8 Å². The van der Waals surface area contributed by atoms with Gasteiger partial charge in [-0.05, 0) is 55.6 Å². The molecule has 0 spiro atoms. The number of hydrogen-bond donors (Lipinski definition) is 0. The molecule has 0 aromatic heterocycles. The highest BCUT2D eigenvalue weighted by Gasteiger charge is 2.53. The molecule has 0 saturated carbocycles. The van der Waals surface area contributed by atoms with Gasteiger partial charge in [-0.15, -0.1) is 0 Å². The standard InChI is InChI=1S/C68H68O11/c1-69-67-65(75-45-53-34-18-7-19-35-53)63(73-43-51-30-14-5-15-31-51)62(72-42-50-28-12-4-13-29-50)59(77-67)47-76-68-66(79-60-56-38-22-20-36-54(56)55-37-21-23-39-57(55)60)64(74-44-52-32-16-6-17-33-52)61(71-41-49-26-10-3-11-27-49)58(78-68)46-70-40-48-24-8-2-9-25-48/h2-39,58-68H,40-47H2,1H3/t58-,59-,61-,62-,63+,64+,65-,66-,67+,68-/m1/s1. The van der Waals surface area contributed by atoms with E-state index in [1.165, 1.54) is 0 Å². The Hall–Kier alpha value is -6.68. The average molecular weight is 1060 g/mol. The molecule has 10 atom stereocenters. The number of methoxy groups -OCH3 is 1. The highest BCUT2D eigenvalue weighted by atomic mass is 16.8. The molecule has 8 aromatic carbocycles. The normalized spacial score (nSPS) is 23.7. The molecule has 2 aliphatic heterocycles. The first kappa shape index (κ1) is 54.3. The predicted molar refractivity (Wildman–Crippen MR) is 300 cm³/mol. The molecule has 79 heavy (non-hydrogen) atoms. The molecule has 406 valence electrons. The Morgan fingerprint density at radius 2 is 0.633 bits per heavy atom. The average Bonchev–Trinajstić information content (AvgIpc) is 4.07. The molecule has 3 aliphatic rings. The molecule has 2 saturated heterocycles. The van der Waals surface area contributed by atoms with E-state index < -0.39 is 67.5 Å². The minimum Gasteiger partial charge on any atom is -0.374 e. The lowest BCUT2D eigenvalue weighted by molar-refractivity contribution is -0.352. The van der Waals surface area contributed by atoms with Gasteiger partial charge in [0.15, 0.2) is 12.6 Å². The van der Waals surface area contributed by atoms with Gasteiger partial charge < -0.3 is 52.1 Å². The minimum atomic E-state index is -1.06. The van der Waals surface area contributed by atoms with Gasteiger partial charge in [-0.25, -0.2) is 0 Å². The van der Waals surface area contributed by atoms with Crippen LogP contribution in [0.1, 0.15) is 50.6 Å². The van der Waals surface area contributed by atoms with Crippen molar-refractivity contribution >= 4 is 0 Å². The molecule has 1 aliphatic carbocycles. The van der Waals surface area contributed by atoms with E-state index in [1.54, 1.807) is 7.11 Å². The fraction of sp³-hybridized carbons (Fsp3) is 0.294. The first-order valence-corrected chi connectivity index (χ1v) is 27.3. The van der Waals surface area contributed by atoms with Gasteiger partial charge >= 0.3 is 0 Å². The lowest BCUT2D eigenvalue weighted by Gasteiger charge is -2.48. The number of rotatable bonds is 25. The second kappa shape index (κ2) is 27.5. The fourth-order valence-electron chi connectivity index (χ4n) is 10.8. The minimum absolute atomic E-state index is 0.0309. The summed E-state index contributed by atoms with van der Waals surface area (Å²) in [6.45, 7) is 1.88. The lowest BCUT2D eigenvalue weighted by atomic mass is 9.96. The highest BCUT2D eigenvalue weighted by molar-refractivity contribution is 5.78. The first-order chi connectivity index (χ1) is 39.1. The Morgan fingerprint density at radius 1 is 0.304 bits per heavy atom. The van der Waals surface area contributed by atoms with Crippen molar-refractivity contribution in [3.8, 4) is 11.1 Å². The second-order valence-corrected chi connectivity index (χ2v) is 20.1. The smallest absolute Gasteiger partial charge is 0.187 e. The van der Waals surface area contributed by atoms with Gasteiger partial charge in [0.1, 0.15) is 54.9 Å². The van der Waals surface area contributed by atoms with Gasteiger partial charge in [0.25, 0.3) is 0 Å². The van der Waals surface area contributed by atoms with Crippen molar-refractivity contribution < 1.29 is 52.1 Å². The van der Waals surface area contributed by atoms with Gasteiger partial charge in [0.2, 0.25) is 0 Å². The van der Waals surface area contributed by atoms with Crippen molar-refractivity contribution in [3.05, 3.63) is 275 Å². The molecule has 2 fully saturated rings. The summed E-state index contributed by atoms with van der Waals surface area (Å²) in [5.41, 5.74) is 10.3. The van der Waals surface area contributed by atoms with Gasteiger partial charge in [-0.1, -0.05) is 231 Å². The van der Waals surface area contributed by atoms with Crippen LogP contribution in [0, 0.1) is 0 Å². The summed E-state index contributed by atoms with van der Waals surface area (Å²) >= 11 is 0. The number of fused-ring (bicyclic) bond motifs is 3. The Kier molecular flexibility index (Phi) is 18.9. The maximum absolute atomic E-state index is 7.60. The molecule has 11 nitrogen and oxygen atoms in total. The van der Waals surface area contributed by atoms with Crippen molar-refractivity contribution in [2.45, 2.75) is 107 Å². The third-order valence-electron chi connectivity index (χ3n) is 14.7. The van der Waals surface area contributed by atoms with Gasteiger partial charge in [-0.2, -0.15) is 0 Å². The van der Waals surface area contributed by atoms with Crippen LogP contribution in [0.3, 0.4) is 0 Å². The summed E-state index contributed by atoms with van der Waals surface area (Å²) < 4.78 is 77.0. The number of ether oxygens (including phenoxy) is 11. The third kappa shape index (κ3) is 13.8. The van der Waals surface area contributed by atoms with Crippen LogP contribution in [0.4, 0.5) is 0 Å². The molecule has 11 rings (SSSR count). The van der Waals surface area contributed by atoms with Crippen molar-refractivity contribution in [2.24, 2.45) is 0 Å². The van der Waals surface area contributed by atoms with E-state index in [9.17, 15) is 0 Å². The van der Waals surface area contributed by atoms with Crippen LogP contribution < -0.4 is 0 Å². The second-order valence-electron chi connectivity index (χ2n) is 20.1. The highest BCUT2D eigenvalue weighted by Crippen LogP contribution is 2.47. The zero-order chi connectivity index (χ0) is 53.4. The maximum atomic E-state index is 7.60. The Balaban J connectivity index is 0.968. The van der Waals surface area contributed by atoms with Crippen LogP contribution in [-0.2, 0) is 91.7 Å². The quantitative estimate of drug-likeness (QED) is 0.0547. The van der Waals surface area contributed by atoms with Crippen LogP contribution in [-0.4, -0.2) is 81.7 Å². The van der Waals surface area contributed by atoms with Gasteiger partial charge in [0.05, 0.1) is 52.9 Å². The molecule has 0 amide bonds. The van der Waals surface area contributed by atoms with E-state index in [1.807, 2.05) is 158 Å². The molecule has 0 bridgehead atoms. The summed E-state index contributed by atoms with van der Waals surface area (Å²) in [4.78, 5) is 0. The van der Waals surface area contributed by atoms with Crippen LogP contribution >= 0.6 is 0 Å². The summed E-state index contributed by atoms with van der Waals surface area (Å²) in [6, 6.07) is 77.4. The zero-order valence-corrected chi connectivity index (χ0v) is 44.4. The summed E-state index contributed by atoms with van der Waals surface area (Å²) in [5.74, 6) is 0. The topological polar surface area (TPSA) is 102 Å². The van der Waals surface area contributed by atoms with Crippen LogP contribution in [0.2, 0.25) is 0 Å². The molecule has 2 heterocycles. The molecule has 0 unspecified atom stereocenters. The van der Waals surface area contributed by atoms with Crippen LogP contribution in [0.25, 0.3) is 11.1 Å². The van der Waals surface area contributed by atoms with Crippen molar-refractivity contribution in [1.29, 1.82) is 0 Å². The Labute approximate surface area is 463 Å². The summed E-state index contributed by atoms with van der Waals surface area (Å²) in [6.07, 6.45) is -8.36. The molecule has 0 N–H and O–H groups in total. The maximum Gasteiger partial charge on any atom is 0.187 e. The predicted octanol–water partition coefficient (Wildman–Crippen LogP) is 12.4. The monoisotopic (exact) mass is 1060 g/mol. The van der Waals surface area contributed by atoms with Crippen molar-refractivity contribution in [2.75, 3.05) is 20.3 Å². The third-order valence-corrected chi connectivity index (χ3v) is 14.7. The summed E-state index contributed by atoms with van der Waals surface area (Å²) in [7, 11) is 1.62. The van der Waals surface area contributed by atoms with Crippen LogP contribution in [0.5, 0.6) is 0 Å². The van der Waals surface area contributed by atoms with E-state index in [0.717, 1.165) is 55.6 Å². The molecule has 0 radical (unpaired) electrons. The zero-order valence-electron chi connectivity index (χ0n) is 44.4.